The number of benzene rings is 1. The number of pyridine rings is 2. The Morgan fingerprint density at radius 3 is 2.56 bits per heavy atom. The molecular formula is C27H31N7OS. The standard InChI is InChI=1S/C27H31N7OS/c1-5-27(36-4,21-9-7-8-19-20(26(35)28-3)12-13-30-25(19)21)16-32-24-14-22(33-17-34-24)18-10-11-23(29-6-2)31-15-18/h7-15,17H,5-6,16H2,1-4H3,(H,28,35)(H,29,31)(H,32,33,34). The highest BCUT2D eigenvalue weighted by atomic mass is 32.2. The lowest BCUT2D eigenvalue weighted by molar-refractivity contribution is 0.0964. The fourth-order valence-corrected chi connectivity index (χ4v) is 5.18. The highest BCUT2D eigenvalue weighted by Crippen LogP contribution is 2.41. The van der Waals surface area contributed by atoms with Crippen LogP contribution >= 0.6 is 11.8 Å². The van der Waals surface area contributed by atoms with E-state index < -0.39 is 0 Å². The van der Waals surface area contributed by atoms with Crippen molar-refractivity contribution in [2.45, 2.75) is 25.0 Å². The first-order chi connectivity index (χ1) is 17.5. The van der Waals surface area contributed by atoms with Crippen molar-refractivity contribution in [3.8, 4) is 11.3 Å². The van der Waals surface area contributed by atoms with Crippen molar-refractivity contribution in [3.05, 3.63) is 72.3 Å². The summed E-state index contributed by atoms with van der Waals surface area (Å²) in [6, 6.07) is 13.7. The minimum atomic E-state index is -0.284. The third-order valence-corrected chi connectivity index (χ3v) is 7.77. The van der Waals surface area contributed by atoms with Crippen molar-refractivity contribution in [1.29, 1.82) is 0 Å². The maximum absolute atomic E-state index is 12.5. The van der Waals surface area contributed by atoms with Gasteiger partial charge in [0.15, 0.2) is 0 Å². The van der Waals surface area contributed by atoms with Crippen LogP contribution in [0.15, 0.2) is 61.2 Å². The van der Waals surface area contributed by atoms with Gasteiger partial charge in [0.2, 0.25) is 0 Å². The molecule has 36 heavy (non-hydrogen) atoms. The van der Waals surface area contributed by atoms with Crippen molar-refractivity contribution in [2.24, 2.45) is 0 Å². The van der Waals surface area contributed by atoms with Crippen LogP contribution in [0.3, 0.4) is 0 Å². The zero-order chi connectivity index (χ0) is 25.5. The van der Waals surface area contributed by atoms with Gasteiger partial charge >= 0.3 is 0 Å². The fraction of sp³-hybridized carbons (Fsp3) is 0.296. The van der Waals surface area contributed by atoms with E-state index in [4.69, 9.17) is 4.98 Å². The van der Waals surface area contributed by atoms with E-state index in [0.717, 1.165) is 52.3 Å². The molecule has 8 nitrogen and oxygen atoms in total. The lowest BCUT2D eigenvalue weighted by Gasteiger charge is -2.33. The molecule has 0 fully saturated rings. The van der Waals surface area contributed by atoms with Crippen LogP contribution in [-0.2, 0) is 4.75 Å². The predicted molar refractivity (Wildman–Crippen MR) is 149 cm³/mol. The first kappa shape index (κ1) is 25.4. The number of rotatable bonds is 10. The molecule has 0 saturated carbocycles. The van der Waals surface area contributed by atoms with Crippen LogP contribution in [0.4, 0.5) is 11.6 Å². The molecule has 186 valence electrons. The van der Waals surface area contributed by atoms with Crippen LogP contribution in [0.1, 0.15) is 36.2 Å². The van der Waals surface area contributed by atoms with Crippen molar-refractivity contribution in [1.82, 2.24) is 25.3 Å². The molecule has 4 rings (SSSR count). The van der Waals surface area contributed by atoms with Gasteiger partial charge in [-0.2, -0.15) is 11.8 Å². The second-order valence-corrected chi connectivity index (χ2v) is 9.49. The molecule has 1 aromatic carbocycles. The summed E-state index contributed by atoms with van der Waals surface area (Å²) in [4.78, 5) is 30.5. The van der Waals surface area contributed by atoms with Gasteiger partial charge in [-0.25, -0.2) is 15.0 Å². The molecule has 4 aromatic rings. The van der Waals surface area contributed by atoms with Crippen LogP contribution in [-0.4, -0.2) is 52.2 Å². The molecule has 1 unspecified atom stereocenters. The SMILES string of the molecule is CCNc1ccc(-c2cc(NCC(CC)(SC)c3cccc4c(C(=O)NC)ccnc34)ncn2)cn1. The molecule has 3 N–H and O–H groups in total. The number of fused-ring (bicyclic) bond motifs is 1. The Bertz CT molecular complexity index is 1340. The summed E-state index contributed by atoms with van der Waals surface area (Å²) < 4.78 is -0.284. The van der Waals surface area contributed by atoms with Gasteiger partial charge in [-0.15, -0.1) is 0 Å². The van der Waals surface area contributed by atoms with Crippen LogP contribution < -0.4 is 16.0 Å². The van der Waals surface area contributed by atoms with E-state index in [1.54, 1.807) is 37.4 Å². The van der Waals surface area contributed by atoms with Crippen LogP contribution in [0.2, 0.25) is 0 Å². The molecule has 0 bridgehead atoms. The number of thioether (sulfide) groups is 1. The molecule has 3 heterocycles. The summed E-state index contributed by atoms with van der Waals surface area (Å²) in [7, 11) is 1.64. The van der Waals surface area contributed by atoms with E-state index in [0.29, 0.717) is 12.1 Å². The van der Waals surface area contributed by atoms with Crippen molar-refractivity contribution < 1.29 is 4.79 Å². The lowest BCUT2D eigenvalue weighted by atomic mass is 9.91. The minimum absolute atomic E-state index is 0.120. The second kappa shape index (κ2) is 11.3. The van der Waals surface area contributed by atoms with E-state index in [-0.39, 0.29) is 10.7 Å². The van der Waals surface area contributed by atoms with Crippen molar-refractivity contribution in [3.63, 3.8) is 0 Å². The van der Waals surface area contributed by atoms with E-state index in [2.05, 4.69) is 50.1 Å². The Morgan fingerprint density at radius 2 is 1.86 bits per heavy atom. The number of carbonyl (C=O) groups excluding carboxylic acids is 1. The number of para-hydroxylation sites is 1. The molecule has 0 aliphatic carbocycles. The average molecular weight is 502 g/mol. The molecule has 3 aromatic heterocycles. The number of carbonyl (C=O) groups is 1. The number of hydrogen-bond acceptors (Lipinski definition) is 8. The number of amides is 1. The predicted octanol–water partition coefficient (Wildman–Crippen LogP) is 4.96. The largest absolute Gasteiger partial charge is 0.370 e. The third kappa shape index (κ3) is 5.11. The molecule has 0 aliphatic heterocycles. The highest BCUT2D eigenvalue weighted by Gasteiger charge is 2.32. The highest BCUT2D eigenvalue weighted by molar-refractivity contribution is 7.99. The average Bonchev–Trinajstić information content (AvgIpc) is 2.94. The van der Waals surface area contributed by atoms with Gasteiger partial charge in [-0.1, -0.05) is 25.1 Å². The molecular weight excluding hydrogens is 470 g/mol. The Hall–Kier alpha value is -3.72. The third-order valence-electron chi connectivity index (χ3n) is 6.33. The summed E-state index contributed by atoms with van der Waals surface area (Å²) in [5.74, 6) is 1.46. The Morgan fingerprint density at radius 1 is 1.00 bits per heavy atom. The van der Waals surface area contributed by atoms with Gasteiger partial charge in [-0.3, -0.25) is 9.78 Å². The fourth-order valence-electron chi connectivity index (χ4n) is 4.29. The Balaban J connectivity index is 1.64. The van der Waals surface area contributed by atoms with Crippen LogP contribution in [0.25, 0.3) is 22.2 Å². The zero-order valence-electron chi connectivity index (χ0n) is 21.0. The smallest absolute Gasteiger partial charge is 0.251 e. The van der Waals surface area contributed by atoms with Gasteiger partial charge < -0.3 is 16.0 Å². The zero-order valence-corrected chi connectivity index (χ0v) is 21.8. The van der Waals surface area contributed by atoms with Gasteiger partial charge in [-0.05, 0) is 43.4 Å². The van der Waals surface area contributed by atoms with E-state index >= 15 is 0 Å². The summed E-state index contributed by atoms with van der Waals surface area (Å²) in [5.41, 5.74) is 4.28. The monoisotopic (exact) mass is 501 g/mol. The molecule has 0 spiro atoms. The molecule has 1 amide bonds. The minimum Gasteiger partial charge on any atom is -0.370 e. The first-order valence-electron chi connectivity index (χ1n) is 12.0. The van der Waals surface area contributed by atoms with Crippen LogP contribution in [0.5, 0.6) is 0 Å². The number of nitrogens with one attached hydrogen (secondary N) is 3. The first-order valence-corrected chi connectivity index (χ1v) is 13.2. The summed E-state index contributed by atoms with van der Waals surface area (Å²) in [5, 5.41) is 10.3. The van der Waals surface area contributed by atoms with Gasteiger partial charge in [0.25, 0.3) is 5.91 Å². The molecule has 1 atom stereocenters. The van der Waals surface area contributed by atoms with E-state index in [1.165, 1.54) is 0 Å². The van der Waals surface area contributed by atoms with Gasteiger partial charge in [0, 0.05) is 49.5 Å². The van der Waals surface area contributed by atoms with Crippen molar-refractivity contribution in [2.75, 3.05) is 37.0 Å². The number of anilines is 2. The van der Waals surface area contributed by atoms with Gasteiger partial charge in [0.1, 0.15) is 18.0 Å². The second-order valence-electron chi connectivity index (χ2n) is 8.30. The Labute approximate surface area is 215 Å². The van der Waals surface area contributed by atoms with Gasteiger partial charge in [0.05, 0.1) is 21.5 Å². The number of aromatic nitrogens is 4. The van der Waals surface area contributed by atoms with Crippen molar-refractivity contribution >= 4 is 40.2 Å². The quantitative estimate of drug-likeness (QED) is 0.280. The topological polar surface area (TPSA) is 105 Å². The maximum atomic E-state index is 12.5. The molecule has 0 aliphatic rings. The lowest BCUT2D eigenvalue weighted by Crippen LogP contribution is -2.31. The normalized spacial score (nSPS) is 12.7. The number of nitrogens with zero attached hydrogens (tertiary/aromatic N) is 4. The number of hydrogen-bond donors (Lipinski definition) is 3. The molecule has 0 radical (unpaired) electrons. The summed E-state index contributed by atoms with van der Waals surface area (Å²) >= 11 is 1.77. The molecule has 0 saturated heterocycles. The van der Waals surface area contributed by atoms with E-state index in [1.807, 2.05) is 43.5 Å². The summed E-state index contributed by atoms with van der Waals surface area (Å²) in [6.45, 7) is 5.66. The summed E-state index contributed by atoms with van der Waals surface area (Å²) in [6.07, 6.45) is 8.05. The Kier molecular flexibility index (Phi) is 8.00. The van der Waals surface area contributed by atoms with Crippen LogP contribution in [0, 0.1) is 0 Å². The van der Waals surface area contributed by atoms with E-state index in [9.17, 15) is 4.79 Å². The maximum Gasteiger partial charge on any atom is 0.251 e. The molecule has 9 heteroatoms.